The van der Waals surface area contributed by atoms with Crippen molar-refractivity contribution in [2.45, 2.75) is 31.3 Å². The lowest BCUT2D eigenvalue weighted by molar-refractivity contribution is -0.145. The fraction of sp³-hybridized carbons (Fsp3) is 0.923. The van der Waals surface area contributed by atoms with Crippen LogP contribution in [-0.2, 0) is 23.7 Å². The Bertz CT molecular complexity index is 245. The smallest absolute Gasteiger partial charge is 0.325 e. The number of nitrogens with one attached hydrogen (secondary N) is 1. The van der Waals surface area contributed by atoms with Gasteiger partial charge in [-0.05, 0) is 19.3 Å². The summed E-state index contributed by atoms with van der Waals surface area (Å²) in [6, 6.07) is 0.0731. The highest BCUT2D eigenvalue weighted by atomic mass is 16.5. The van der Waals surface area contributed by atoms with Crippen LogP contribution >= 0.6 is 0 Å². The van der Waals surface area contributed by atoms with Gasteiger partial charge in [-0.25, -0.2) is 0 Å². The molecule has 1 aliphatic carbocycles. The van der Waals surface area contributed by atoms with E-state index in [0.717, 1.165) is 19.3 Å². The molecule has 0 aromatic carbocycles. The molecular weight excluding hydrogens is 250 g/mol. The second-order valence-corrected chi connectivity index (χ2v) is 4.55. The lowest BCUT2D eigenvalue weighted by Gasteiger charge is -2.16. The Morgan fingerprint density at radius 1 is 1.16 bits per heavy atom. The van der Waals surface area contributed by atoms with Gasteiger partial charge in [0.2, 0.25) is 0 Å². The Balaban J connectivity index is 1.99. The van der Waals surface area contributed by atoms with Gasteiger partial charge in [0.05, 0.1) is 26.9 Å². The highest BCUT2D eigenvalue weighted by Crippen LogP contribution is 2.19. The third-order valence-electron chi connectivity index (χ3n) is 2.79. The first-order valence-electron chi connectivity index (χ1n) is 6.76. The summed E-state index contributed by atoms with van der Waals surface area (Å²) in [6.07, 6.45) is 3.12. The van der Waals surface area contributed by atoms with Crippen molar-refractivity contribution in [2.24, 2.45) is 0 Å². The average Bonchev–Trinajstić information content (AvgIpc) is 3.23. The predicted octanol–water partition coefficient (Wildman–Crippen LogP) is 0.350. The molecule has 1 rings (SSSR count). The van der Waals surface area contributed by atoms with Gasteiger partial charge in [-0.15, -0.1) is 0 Å². The number of methoxy groups -OCH3 is 2. The SMILES string of the molecule is COCCCOCCOCC(NC1CC1)C(=O)OC. The molecule has 1 aliphatic rings. The van der Waals surface area contributed by atoms with E-state index in [2.05, 4.69) is 5.32 Å². The summed E-state index contributed by atoms with van der Waals surface area (Å²) in [5, 5.41) is 3.20. The summed E-state index contributed by atoms with van der Waals surface area (Å²) in [4.78, 5) is 11.5. The summed E-state index contributed by atoms with van der Waals surface area (Å²) in [6.45, 7) is 2.70. The van der Waals surface area contributed by atoms with Crippen LogP contribution in [0.5, 0.6) is 0 Å². The Hall–Kier alpha value is -0.690. The molecule has 0 bridgehead atoms. The van der Waals surface area contributed by atoms with E-state index < -0.39 is 0 Å². The number of hydrogen-bond donors (Lipinski definition) is 1. The van der Waals surface area contributed by atoms with E-state index in [9.17, 15) is 4.79 Å². The normalized spacial score (nSPS) is 16.3. The van der Waals surface area contributed by atoms with Crippen molar-refractivity contribution in [1.29, 1.82) is 0 Å². The Morgan fingerprint density at radius 2 is 1.89 bits per heavy atom. The van der Waals surface area contributed by atoms with Crippen LogP contribution in [0.15, 0.2) is 0 Å². The predicted molar refractivity (Wildman–Crippen MR) is 70.1 cm³/mol. The van der Waals surface area contributed by atoms with Crippen molar-refractivity contribution in [2.75, 3.05) is 47.3 Å². The van der Waals surface area contributed by atoms with Crippen LogP contribution in [0.2, 0.25) is 0 Å². The minimum absolute atomic E-state index is 0.270. The van der Waals surface area contributed by atoms with Crippen LogP contribution in [0.1, 0.15) is 19.3 Å². The van der Waals surface area contributed by atoms with E-state index in [4.69, 9.17) is 18.9 Å². The zero-order valence-corrected chi connectivity index (χ0v) is 11.9. The summed E-state index contributed by atoms with van der Waals surface area (Å²) in [7, 11) is 3.06. The number of hydrogen-bond acceptors (Lipinski definition) is 6. The van der Waals surface area contributed by atoms with Crippen LogP contribution in [0.3, 0.4) is 0 Å². The number of ether oxygens (including phenoxy) is 4. The molecule has 0 aliphatic heterocycles. The first-order valence-corrected chi connectivity index (χ1v) is 6.76. The molecule has 0 radical (unpaired) electrons. The molecule has 0 aromatic heterocycles. The van der Waals surface area contributed by atoms with E-state index in [0.29, 0.717) is 39.1 Å². The van der Waals surface area contributed by atoms with Gasteiger partial charge in [-0.1, -0.05) is 0 Å². The molecule has 1 unspecified atom stereocenters. The van der Waals surface area contributed by atoms with Gasteiger partial charge in [0.15, 0.2) is 0 Å². The second-order valence-electron chi connectivity index (χ2n) is 4.55. The van der Waals surface area contributed by atoms with E-state index in [1.54, 1.807) is 7.11 Å². The first-order chi connectivity index (χ1) is 9.27. The summed E-state index contributed by atoms with van der Waals surface area (Å²) in [5.41, 5.74) is 0. The molecule has 19 heavy (non-hydrogen) atoms. The van der Waals surface area contributed by atoms with Crippen LogP contribution in [0.25, 0.3) is 0 Å². The molecule has 1 N–H and O–H groups in total. The van der Waals surface area contributed by atoms with Gasteiger partial charge < -0.3 is 18.9 Å². The Morgan fingerprint density at radius 3 is 2.53 bits per heavy atom. The van der Waals surface area contributed by atoms with Crippen LogP contribution < -0.4 is 5.32 Å². The monoisotopic (exact) mass is 275 g/mol. The molecule has 0 heterocycles. The molecule has 112 valence electrons. The molecule has 1 saturated carbocycles. The minimum Gasteiger partial charge on any atom is -0.468 e. The summed E-state index contributed by atoms with van der Waals surface area (Å²) < 4.78 is 20.4. The molecule has 0 aromatic rings. The highest BCUT2D eigenvalue weighted by Gasteiger charge is 2.28. The summed E-state index contributed by atoms with van der Waals surface area (Å²) >= 11 is 0. The maximum atomic E-state index is 11.5. The molecule has 1 atom stereocenters. The standard InChI is InChI=1S/C13H25NO5/c1-16-6-3-7-18-8-9-19-10-12(13(15)17-2)14-11-4-5-11/h11-12,14H,3-10H2,1-2H3. The van der Waals surface area contributed by atoms with Gasteiger partial charge >= 0.3 is 5.97 Å². The fourth-order valence-corrected chi connectivity index (χ4v) is 1.59. The molecule has 0 saturated heterocycles. The topological polar surface area (TPSA) is 66.0 Å². The van der Waals surface area contributed by atoms with Crippen molar-refractivity contribution in [3.63, 3.8) is 0 Å². The largest absolute Gasteiger partial charge is 0.468 e. The molecular formula is C13H25NO5. The Labute approximate surface area is 114 Å². The van der Waals surface area contributed by atoms with Crippen molar-refractivity contribution in [3.8, 4) is 0 Å². The maximum absolute atomic E-state index is 11.5. The van der Waals surface area contributed by atoms with Gasteiger partial charge in [-0.2, -0.15) is 0 Å². The number of rotatable bonds is 12. The van der Waals surface area contributed by atoms with Crippen LogP contribution in [-0.4, -0.2) is 65.3 Å². The van der Waals surface area contributed by atoms with Crippen molar-refractivity contribution >= 4 is 5.97 Å². The quantitative estimate of drug-likeness (QED) is 0.409. The van der Waals surface area contributed by atoms with E-state index >= 15 is 0 Å². The maximum Gasteiger partial charge on any atom is 0.325 e. The minimum atomic E-state index is -0.369. The van der Waals surface area contributed by atoms with Crippen molar-refractivity contribution in [3.05, 3.63) is 0 Å². The third kappa shape index (κ3) is 8.15. The fourth-order valence-electron chi connectivity index (χ4n) is 1.59. The molecule has 6 heteroatoms. The number of esters is 1. The van der Waals surface area contributed by atoms with E-state index in [1.807, 2.05) is 0 Å². The van der Waals surface area contributed by atoms with Crippen molar-refractivity contribution in [1.82, 2.24) is 5.32 Å². The highest BCUT2D eigenvalue weighted by molar-refractivity contribution is 5.75. The molecule has 6 nitrogen and oxygen atoms in total. The summed E-state index contributed by atoms with van der Waals surface area (Å²) in [5.74, 6) is -0.270. The zero-order chi connectivity index (χ0) is 13.9. The van der Waals surface area contributed by atoms with E-state index in [1.165, 1.54) is 7.11 Å². The lowest BCUT2D eigenvalue weighted by atomic mass is 10.3. The third-order valence-corrected chi connectivity index (χ3v) is 2.79. The Kier molecular flexibility index (Phi) is 8.73. The van der Waals surface area contributed by atoms with Gasteiger partial charge in [0.25, 0.3) is 0 Å². The molecule has 0 amide bonds. The van der Waals surface area contributed by atoms with Crippen molar-refractivity contribution < 1.29 is 23.7 Å². The zero-order valence-electron chi connectivity index (χ0n) is 11.9. The van der Waals surface area contributed by atoms with Gasteiger partial charge in [-0.3, -0.25) is 10.1 Å². The first kappa shape index (κ1) is 16.4. The second kappa shape index (κ2) is 10.1. The van der Waals surface area contributed by atoms with E-state index in [-0.39, 0.29) is 12.0 Å². The lowest BCUT2D eigenvalue weighted by Crippen LogP contribution is -2.42. The molecule has 0 spiro atoms. The van der Waals surface area contributed by atoms with Crippen LogP contribution in [0.4, 0.5) is 0 Å². The van der Waals surface area contributed by atoms with Gasteiger partial charge in [0.1, 0.15) is 6.04 Å². The molecule has 1 fully saturated rings. The number of carbonyl (C=O) groups excluding carboxylic acids is 1. The van der Waals surface area contributed by atoms with Crippen LogP contribution in [0, 0.1) is 0 Å². The number of carbonyl (C=O) groups is 1. The average molecular weight is 275 g/mol. The van der Waals surface area contributed by atoms with Gasteiger partial charge in [0, 0.05) is 26.4 Å².